The maximum absolute atomic E-state index is 4.20. The summed E-state index contributed by atoms with van der Waals surface area (Å²) in [6, 6.07) is 0.730. The summed E-state index contributed by atoms with van der Waals surface area (Å²) in [5.74, 6) is 0.825. The third kappa shape index (κ3) is 2.46. The Kier molecular flexibility index (Phi) is 3.04. The maximum atomic E-state index is 4.20. The second-order valence-corrected chi connectivity index (χ2v) is 4.83. The number of likely N-dealkylation sites (tertiary alicyclic amines) is 1. The monoisotopic (exact) mass is 237 g/mol. The first-order valence-corrected chi connectivity index (χ1v) is 6.21. The lowest BCUT2D eigenvalue weighted by molar-refractivity contribution is 0.0207. The van der Waals surface area contributed by atoms with Gasteiger partial charge >= 0.3 is 0 Å². The molecule has 17 heavy (non-hydrogen) atoms. The molecular weight excluding hydrogens is 218 g/mol. The van der Waals surface area contributed by atoms with E-state index in [0.29, 0.717) is 0 Å². The SMILES string of the molecule is Cn1nnc(CN2CC(N3CCNCC3)C2)n1. The average Bonchev–Trinajstić information content (AvgIpc) is 2.70. The van der Waals surface area contributed by atoms with Crippen LogP contribution < -0.4 is 5.32 Å². The van der Waals surface area contributed by atoms with Crippen molar-refractivity contribution in [1.82, 2.24) is 35.3 Å². The number of piperazine rings is 1. The zero-order valence-corrected chi connectivity index (χ0v) is 10.2. The van der Waals surface area contributed by atoms with E-state index in [0.717, 1.165) is 44.6 Å². The summed E-state index contributed by atoms with van der Waals surface area (Å²) in [6.45, 7) is 7.72. The van der Waals surface area contributed by atoms with E-state index < -0.39 is 0 Å². The highest BCUT2D eigenvalue weighted by molar-refractivity contribution is 4.92. The lowest BCUT2D eigenvalue weighted by Crippen LogP contribution is -2.62. The predicted octanol–water partition coefficient (Wildman–Crippen LogP) is -1.70. The molecule has 0 radical (unpaired) electrons. The van der Waals surface area contributed by atoms with Crippen LogP contribution in [0.25, 0.3) is 0 Å². The summed E-state index contributed by atoms with van der Waals surface area (Å²) in [4.78, 5) is 6.48. The minimum atomic E-state index is 0.730. The molecule has 0 amide bonds. The van der Waals surface area contributed by atoms with E-state index in [-0.39, 0.29) is 0 Å². The Morgan fingerprint density at radius 3 is 2.71 bits per heavy atom. The number of nitrogens with one attached hydrogen (secondary N) is 1. The van der Waals surface area contributed by atoms with Gasteiger partial charge in [-0.15, -0.1) is 10.2 Å². The van der Waals surface area contributed by atoms with Crippen molar-refractivity contribution in [2.45, 2.75) is 12.6 Å². The van der Waals surface area contributed by atoms with Crippen molar-refractivity contribution in [3.05, 3.63) is 5.82 Å². The van der Waals surface area contributed by atoms with Gasteiger partial charge < -0.3 is 5.32 Å². The van der Waals surface area contributed by atoms with E-state index in [9.17, 15) is 0 Å². The van der Waals surface area contributed by atoms with Crippen LogP contribution in [0.4, 0.5) is 0 Å². The third-order valence-corrected chi connectivity index (χ3v) is 3.52. The Hall–Kier alpha value is -1.05. The highest BCUT2D eigenvalue weighted by Gasteiger charge is 2.32. The van der Waals surface area contributed by atoms with Crippen molar-refractivity contribution in [3.8, 4) is 0 Å². The van der Waals surface area contributed by atoms with Gasteiger partial charge in [0.1, 0.15) is 0 Å². The largest absolute Gasteiger partial charge is 0.314 e. The normalized spacial score (nSPS) is 23.8. The summed E-state index contributed by atoms with van der Waals surface area (Å²) >= 11 is 0. The van der Waals surface area contributed by atoms with E-state index in [1.165, 1.54) is 17.9 Å². The maximum Gasteiger partial charge on any atom is 0.188 e. The molecule has 2 aliphatic heterocycles. The van der Waals surface area contributed by atoms with Crippen LogP contribution in [0.1, 0.15) is 5.82 Å². The minimum Gasteiger partial charge on any atom is -0.314 e. The molecule has 2 aliphatic rings. The number of tetrazole rings is 1. The lowest BCUT2D eigenvalue weighted by atomic mass is 10.1. The number of rotatable bonds is 3. The van der Waals surface area contributed by atoms with Gasteiger partial charge in [0.2, 0.25) is 0 Å². The van der Waals surface area contributed by atoms with Crippen LogP contribution in [0, 0.1) is 0 Å². The average molecular weight is 237 g/mol. The third-order valence-electron chi connectivity index (χ3n) is 3.52. The van der Waals surface area contributed by atoms with Gasteiger partial charge in [0, 0.05) is 45.3 Å². The molecule has 2 saturated heterocycles. The molecule has 1 N–H and O–H groups in total. The summed E-state index contributed by atoms with van der Waals surface area (Å²) in [5.41, 5.74) is 0. The molecule has 0 aromatic carbocycles. The van der Waals surface area contributed by atoms with Crippen molar-refractivity contribution < 1.29 is 0 Å². The highest BCUT2D eigenvalue weighted by Crippen LogP contribution is 2.16. The number of hydrogen-bond donors (Lipinski definition) is 1. The Labute approximate surface area is 101 Å². The Morgan fingerprint density at radius 1 is 1.29 bits per heavy atom. The number of nitrogens with zero attached hydrogens (tertiary/aromatic N) is 6. The Balaban J connectivity index is 1.45. The zero-order chi connectivity index (χ0) is 11.7. The fourth-order valence-electron chi connectivity index (χ4n) is 2.54. The fourth-order valence-corrected chi connectivity index (χ4v) is 2.54. The molecular formula is C10H19N7. The first-order valence-electron chi connectivity index (χ1n) is 6.21. The molecule has 0 atom stereocenters. The van der Waals surface area contributed by atoms with Crippen LogP contribution >= 0.6 is 0 Å². The van der Waals surface area contributed by atoms with Gasteiger partial charge in [-0.05, 0) is 5.21 Å². The zero-order valence-electron chi connectivity index (χ0n) is 10.2. The van der Waals surface area contributed by atoms with Crippen LogP contribution in [0.3, 0.4) is 0 Å². The Bertz CT molecular complexity index is 364. The standard InChI is InChI=1S/C10H19N7/c1-15-13-10(12-14-15)8-16-6-9(7-16)17-4-2-11-3-5-17/h9,11H,2-8H2,1H3. The Morgan fingerprint density at radius 2 is 2.06 bits per heavy atom. The van der Waals surface area contributed by atoms with Crippen molar-refractivity contribution in [3.63, 3.8) is 0 Å². The van der Waals surface area contributed by atoms with E-state index in [1.54, 1.807) is 7.05 Å². The van der Waals surface area contributed by atoms with Crippen molar-refractivity contribution >= 4 is 0 Å². The van der Waals surface area contributed by atoms with Gasteiger partial charge in [-0.3, -0.25) is 9.80 Å². The van der Waals surface area contributed by atoms with Gasteiger partial charge in [0.15, 0.2) is 5.82 Å². The second-order valence-electron chi connectivity index (χ2n) is 4.83. The molecule has 1 aromatic rings. The quantitative estimate of drug-likeness (QED) is 0.676. The molecule has 3 rings (SSSR count). The van der Waals surface area contributed by atoms with Gasteiger partial charge in [-0.1, -0.05) is 0 Å². The predicted molar refractivity (Wildman–Crippen MR) is 62.3 cm³/mol. The van der Waals surface area contributed by atoms with E-state index in [4.69, 9.17) is 0 Å². The summed E-state index contributed by atoms with van der Waals surface area (Å²) in [5, 5.41) is 15.4. The highest BCUT2D eigenvalue weighted by atomic mass is 15.6. The van der Waals surface area contributed by atoms with Crippen LogP contribution in [-0.4, -0.2) is 75.3 Å². The molecule has 0 aliphatic carbocycles. The van der Waals surface area contributed by atoms with Crippen LogP contribution in [0.15, 0.2) is 0 Å². The molecule has 7 nitrogen and oxygen atoms in total. The van der Waals surface area contributed by atoms with Gasteiger partial charge in [0.05, 0.1) is 13.6 Å². The van der Waals surface area contributed by atoms with Gasteiger partial charge in [-0.2, -0.15) is 4.80 Å². The first-order chi connectivity index (χ1) is 8.31. The topological polar surface area (TPSA) is 62.1 Å². The molecule has 1 aromatic heterocycles. The van der Waals surface area contributed by atoms with Gasteiger partial charge in [-0.25, -0.2) is 0 Å². The van der Waals surface area contributed by atoms with Crippen molar-refractivity contribution in [1.29, 1.82) is 0 Å². The molecule has 0 spiro atoms. The number of aryl methyl sites for hydroxylation is 1. The molecule has 0 bridgehead atoms. The summed E-state index contributed by atoms with van der Waals surface area (Å²) < 4.78 is 0. The van der Waals surface area contributed by atoms with Crippen molar-refractivity contribution in [2.75, 3.05) is 39.3 Å². The summed E-state index contributed by atoms with van der Waals surface area (Å²) in [7, 11) is 1.80. The number of hydrogen-bond acceptors (Lipinski definition) is 6. The molecule has 2 fully saturated rings. The number of aromatic nitrogens is 4. The smallest absolute Gasteiger partial charge is 0.188 e. The van der Waals surface area contributed by atoms with Crippen LogP contribution in [0.5, 0.6) is 0 Å². The lowest BCUT2D eigenvalue weighted by Gasteiger charge is -2.46. The second kappa shape index (κ2) is 4.67. The van der Waals surface area contributed by atoms with Crippen LogP contribution in [0.2, 0.25) is 0 Å². The molecule has 7 heteroatoms. The fraction of sp³-hybridized carbons (Fsp3) is 0.900. The first kappa shape index (κ1) is 11.1. The molecule has 0 saturated carbocycles. The van der Waals surface area contributed by atoms with E-state index in [1.807, 2.05) is 0 Å². The molecule has 0 unspecified atom stereocenters. The van der Waals surface area contributed by atoms with Crippen LogP contribution in [-0.2, 0) is 13.6 Å². The summed E-state index contributed by atoms with van der Waals surface area (Å²) in [6.07, 6.45) is 0. The molecule has 3 heterocycles. The van der Waals surface area contributed by atoms with Crippen molar-refractivity contribution in [2.24, 2.45) is 7.05 Å². The van der Waals surface area contributed by atoms with Gasteiger partial charge in [0.25, 0.3) is 0 Å². The minimum absolute atomic E-state index is 0.730. The molecule has 94 valence electrons. The van der Waals surface area contributed by atoms with E-state index in [2.05, 4.69) is 30.5 Å². The van der Waals surface area contributed by atoms with E-state index >= 15 is 0 Å².